The molecule has 0 unspecified atom stereocenters. The minimum atomic E-state index is -0.154. The molecular formula is C18H31FN2. The van der Waals surface area contributed by atoms with Crippen LogP contribution in [0.15, 0.2) is 24.3 Å². The predicted molar refractivity (Wildman–Crippen MR) is 90.5 cm³/mol. The van der Waals surface area contributed by atoms with E-state index in [1.165, 1.54) is 31.7 Å². The van der Waals surface area contributed by atoms with Crippen molar-refractivity contribution in [2.24, 2.45) is 0 Å². The molecule has 0 saturated heterocycles. The van der Waals surface area contributed by atoms with Gasteiger partial charge in [0.2, 0.25) is 0 Å². The Morgan fingerprint density at radius 1 is 1.10 bits per heavy atom. The molecule has 1 N–H and O–H groups in total. The molecule has 1 aromatic rings. The van der Waals surface area contributed by atoms with Gasteiger partial charge in [0.05, 0.1) is 0 Å². The standard InChI is InChI=1S/C18H31FN2/c1-5-21(17-12-10-11-16(19)15-17)14-9-7-6-8-13-20-18(2,3)4/h10-12,15,20H,5-9,13-14H2,1-4H3. The van der Waals surface area contributed by atoms with Crippen LogP contribution in [0.5, 0.6) is 0 Å². The Labute approximate surface area is 129 Å². The molecule has 1 rings (SSSR count). The molecule has 0 aromatic heterocycles. The fourth-order valence-corrected chi connectivity index (χ4v) is 2.39. The summed E-state index contributed by atoms with van der Waals surface area (Å²) >= 11 is 0. The highest BCUT2D eigenvalue weighted by molar-refractivity contribution is 5.46. The van der Waals surface area contributed by atoms with Crippen LogP contribution >= 0.6 is 0 Å². The molecule has 0 amide bonds. The number of hydrogen-bond donors (Lipinski definition) is 1. The number of halogens is 1. The van der Waals surface area contributed by atoms with E-state index in [-0.39, 0.29) is 11.4 Å². The monoisotopic (exact) mass is 294 g/mol. The van der Waals surface area contributed by atoms with E-state index in [1.807, 2.05) is 6.07 Å². The van der Waals surface area contributed by atoms with Gasteiger partial charge in [0.25, 0.3) is 0 Å². The van der Waals surface area contributed by atoms with E-state index in [0.717, 1.165) is 25.3 Å². The minimum Gasteiger partial charge on any atom is -0.372 e. The first kappa shape index (κ1) is 18.0. The molecule has 0 aliphatic heterocycles. The smallest absolute Gasteiger partial charge is 0.125 e. The van der Waals surface area contributed by atoms with Crippen LogP contribution in [-0.4, -0.2) is 25.2 Å². The van der Waals surface area contributed by atoms with Gasteiger partial charge in [0, 0.05) is 24.3 Å². The van der Waals surface area contributed by atoms with Crippen LogP contribution in [0, 0.1) is 5.82 Å². The number of anilines is 1. The molecule has 0 bridgehead atoms. The second-order valence-electron chi connectivity index (χ2n) is 6.65. The Kier molecular flexibility index (Phi) is 7.73. The number of hydrogen-bond acceptors (Lipinski definition) is 2. The predicted octanol–water partition coefficient (Wildman–Crippen LogP) is 4.60. The van der Waals surface area contributed by atoms with Gasteiger partial charge in [-0.3, -0.25) is 0 Å². The van der Waals surface area contributed by atoms with Gasteiger partial charge in [0.1, 0.15) is 5.82 Å². The van der Waals surface area contributed by atoms with Crippen molar-refractivity contribution in [1.29, 1.82) is 0 Å². The summed E-state index contributed by atoms with van der Waals surface area (Å²) in [4.78, 5) is 2.25. The van der Waals surface area contributed by atoms with Crippen molar-refractivity contribution >= 4 is 5.69 Å². The van der Waals surface area contributed by atoms with E-state index in [0.29, 0.717) is 0 Å². The maximum Gasteiger partial charge on any atom is 0.125 e. The third kappa shape index (κ3) is 8.05. The van der Waals surface area contributed by atoms with Gasteiger partial charge in [-0.15, -0.1) is 0 Å². The van der Waals surface area contributed by atoms with Gasteiger partial charge in [-0.1, -0.05) is 18.9 Å². The molecule has 120 valence electrons. The summed E-state index contributed by atoms with van der Waals surface area (Å²) in [7, 11) is 0. The molecule has 0 heterocycles. The molecule has 0 spiro atoms. The average molecular weight is 294 g/mol. The number of nitrogens with zero attached hydrogens (tertiary/aromatic N) is 1. The SMILES string of the molecule is CCN(CCCCCCNC(C)(C)C)c1cccc(F)c1. The van der Waals surface area contributed by atoms with Crippen molar-refractivity contribution in [3.63, 3.8) is 0 Å². The number of rotatable bonds is 9. The molecule has 0 atom stereocenters. The maximum absolute atomic E-state index is 13.3. The molecule has 1 aromatic carbocycles. The molecular weight excluding hydrogens is 263 g/mol. The zero-order valence-corrected chi connectivity index (χ0v) is 14.1. The van der Waals surface area contributed by atoms with Gasteiger partial charge >= 0.3 is 0 Å². The summed E-state index contributed by atoms with van der Waals surface area (Å²) in [6.45, 7) is 11.7. The highest BCUT2D eigenvalue weighted by atomic mass is 19.1. The fourth-order valence-electron chi connectivity index (χ4n) is 2.39. The largest absolute Gasteiger partial charge is 0.372 e. The summed E-state index contributed by atoms with van der Waals surface area (Å²) in [5.74, 6) is -0.154. The zero-order valence-electron chi connectivity index (χ0n) is 14.1. The molecule has 21 heavy (non-hydrogen) atoms. The van der Waals surface area contributed by atoms with Crippen LogP contribution < -0.4 is 10.2 Å². The molecule has 0 aliphatic carbocycles. The average Bonchev–Trinajstić information content (AvgIpc) is 2.41. The first-order valence-corrected chi connectivity index (χ1v) is 8.18. The molecule has 0 saturated carbocycles. The second-order valence-corrected chi connectivity index (χ2v) is 6.65. The van der Waals surface area contributed by atoms with Crippen molar-refractivity contribution in [3.05, 3.63) is 30.1 Å². The lowest BCUT2D eigenvalue weighted by atomic mass is 10.1. The highest BCUT2D eigenvalue weighted by Crippen LogP contribution is 2.16. The highest BCUT2D eigenvalue weighted by Gasteiger charge is 2.07. The fraction of sp³-hybridized carbons (Fsp3) is 0.667. The van der Waals surface area contributed by atoms with Crippen molar-refractivity contribution in [3.8, 4) is 0 Å². The third-order valence-corrected chi connectivity index (χ3v) is 3.57. The summed E-state index contributed by atoms with van der Waals surface area (Å²) < 4.78 is 13.3. The maximum atomic E-state index is 13.3. The van der Waals surface area contributed by atoms with E-state index in [1.54, 1.807) is 12.1 Å². The Morgan fingerprint density at radius 2 is 1.81 bits per heavy atom. The first-order valence-electron chi connectivity index (χ1n) is 8.18. The number of unbranched alkanes of at least 4 members (excludes halogenated alkanes) is 3. The van der Waals surface area contributed by atoms with Gasteiger partial charge in [-0.25, -0.2) is 4.39 Å². The Bertz CT molecular complexity index is 398. The van der Waals surface area contributed by atoms with Crippen LogP contribution in [0.2, 0.25) is 0 Å². The molecule has 2 nitrogen and oxygen atoms in total. The molecule has 0 aliphatic rings. The van der Waals surface area contributed by atoms with Gasteiger partial charge in [0.15, 0.2) is 0 Å². The lowest BCUT2D eigenvalue weighted by Crippen LogP contribution is -2.36. The third-order valence-electron chi connectivity index (χ3n) is 3.57. The van der Waals surface area contributed by atoms with E-state index in [9.17, 15) is 4.39 Å². The van der Waals surface area contributed by atoms with Gasteiger partial charge in [-0.2, -0.15) is 0 Å². The Balaban J connectivity index is 2.18. The zero-order chi connectivity index (χ0) is 15.7. The molecule has 0 radical (unpaired) electrons. The van der Waals surface area contributed by atoms with E-state index in [4.69, 9.17) is 0 Å². The summed E-state index contributed by atoms with van der Waals surface area (Å²) in [5, 5.41) is 3.51. The normalized spacial score (nSPS) is 11.7. The van der Waals surface area contributed by atoms with Gasteiger partial charge < -0.3 is 10.2 Å². The Hall–Kier alpha value is -1.09. The molecule has 3 heteroatoms. The topological polar surface area (TPSA) is 15.3 Å². The molecule has 0 fully saturated rings. The van der Waals surface area contributed by atoms with Crippen molar-refractivity contribution in [2.75, 3.05) is 24.5 Å². The quantitative estimate of drug-likeness (QED) is 0.670. The lowest BCUT2D eigenvalue weighted by Gasteiger charge is -2.23. The van der Waals surface area contributed by atoms with Crippen LogP contribution in [0.25, 0.3) is 0 Å². The number of nitrogens with one attached hydrogen (secondary N) is 1. The number of benzene rings is 1. The minimum absolute atomic E-state index is 0.154. The van der Waals surface area contributed by atoms with Crippen molar-refractivity contribution < 1.29 is 4.39 Å². The second kappa shape index (κ2) is 9.04. The van der Waals surface area contributed by atoms with Crippen LogP contribution in [-0.2, 0) is 0 Å². The van der Waals surface area contributed by atoms with Crippen molar-refractivity contribution in [2.45, 2.75) is 58.9 Å². The summed E-state index contributed by atoms with van der Waals surface area (Å²) in [6.07, 6.45) is 4.88. The first-order chi connectivity index (χ1) is 9.92. The Morgan fingerprint density at radius 3 is 2.43 bits per heavy atom. The summed E-state index contributed by atoms with van der Waals surface area (Å²) in [5.41, 5.74) is 1.21. The van der Waals surface area contributed by atoms with E-state index >= 15 is 0 Å². The van der Waals surface area contributed by atoms with Crippen molar-refractivity contribution in [1.82, 2.24) is 5.32 Å². The summed E-state index contributed by atoms with van der Waals surface area (Å²) in [6, 6.07) is 6.89. The lowest BCUT2D eigenvalue weighted by molar-refractivity contribution is 0.416. The van der Waals surface area contributed by atoms with Crippen LogP contribution in [0.1, 0.15) is 53.4 Å². The van der Waals surface area contributed by atoms with Gasteiger partial charge in [-0.05, 0) is 65.3 Å². The van der Waals surface area contributed by atoms with E-state index in [2.05, 4.69) is 37.9 Å². The van der Waals surface area contributed by atoms with E-state index < -0.39 is 0 Å². The van der Waals surface area contributed by atoms with Crippen LogP contribution in [0.3, 0.4) is 0 Å². The van der Waals surface area contributed by atoms with Crippen LogP contribution in [0.4, 0.5) is 10.1 Å².